The Bertz CT molecular complexity index is 95.9. The summed E-state index contributed by atoms with van der Waals surface area (Å²) in [6.45, 7) is 0. The van der Waals surface area contributed by atoms with E-state index >= 15 is 0 Å². The average Bonchev–Trinajstić information content (AvgIpc) is 1.84. The van der Waals surface area contributed by atoms with Gasteiger partial charge in [0, 0.05) is 7.05 Å². The normalized spacial score (nSPS) is 7.75. The molecule has 0 fully saturated rings. The van der Waals surface area contributed by atoms with E-state index in [2.05, 4.69) is 11.2 Å². The van der Waals surface area contributed by atoms with Crippen molar-refractivity contribution in [2.24, 2.45) is 5.84 Å². The van der Waals surface area contributed by atoms with Crippen molar-refractivity contribution in [3.05, 3.63) is 0 Å². The van der Waals surface area contributed by atoms with Crippen LogP contribution in [0.2, 0.25) is 0 Å². The maximum atomic E-state index is 10.2. The van der Waals surface area contributed by atoms with Crippen LogP contribution in [0.25, 0.3) is 0 Å². The van der Waals surface area contributed by atoms with Crippen molar-refractivity contribution in [2.45, 2.75) is 0 Å². The summed E-state index contributed by atoms with van der Waals surface area (Å²) in [5.41, 5.74) is 1.79. The summed E-state index contributed by atoms with van der Waals surface area (Å²) in [6.07, 6.45) is 0. The molecule has 46 valence electrons. The Morgan fingerprint density at radius 2 is 2.25 bits per heavy atom. The Morgan fingerprint density at radius 3 is 2.38 bits per heavy atom. The standard InChI is InChI=1S/C3H8N4O/c1-6-2(4)3(8)7-5/h5H2,1H3,(H2,4,6)(H,7,8). The highest BCUT2D eigenvalue weighted by molar-refractivity contribution is 6.36. The van der Waals surface area contributed by atoms with E-state index in [1.54, 1.807) is 5.43 Å². The van der Waals surface area contributed by atoms with Crippen molar-refractivity contribution < 1.29 is 4.79 Å². The topological polar surface area (TPSA) is 91.0 Å². The van der Waals surface area contributed by atoms with E-state index in [1.807, 2.05) is 0 Å². The van der Waals surface area contributed by atoms with Crippen LogP contribution in [0.5, 0.6) is 0 Å². The number of carbonyl (C=O) groups excluding carboxylic acids is 1. The summed E-state index contributed by atoms with van der Waals surface area (Å²) in [4.78, 5) is 10.2. The third-order valence-electron chi connectivity index (χ3n) is 0.608. The zero-order valence-corrected chi connectivity index (χ0v) is 4.49. The van der Waals surface area contributed by atoms with Crippen LogP contribution in [0.15, 0.2) is 0 Å². The lowest BCUT2D eigenvalue weighted by Crippen LogP contribution is -2.41. The molecule has 1 amide bonds. The number of hydrogen-bond acceptors (Lipinski definition) is 3. The predicted molar refractivity (Wildman–Crippen MR) is 29.1 cm³/mol. The molecule has 0 bridgehead atoms. The number of hydrazine groups is 1. The lowest BCUT2D eigenvalue weighted by Gasteiger charge is -1.97. The third kappa shape index (κ3) is 1.57. The molecule has 0 unspecified atom stereocenters. The van der Waals surface area contributed by atoms with Crippen LogP contribution < -0.4 is 16.6 Å². The van der Waals surface area contributed by atoms with Crippen molar-refractivity contribution in [1.82, 2.24) is 10.7 Å². The zero-order chi connectivity index (χ0) is 6.57. The Hall–Kier alpha value is -1.10. The molecule has 0 rings (SSSR count). The third-order valence-corrected chi connectivity index (χ3v) is 0.608. The van der Waals surface area contributed by atoms with E-state index < -0.39 is 5.91 Å². The van der Waals surface area contributed by atoms with Gasteiger partial charge in [-0.05, 0) is 0 Å². The largest absolute Gasteiger partial charge is 0.369 e. The first kappa shape index (κ1) is 6.90. The number of amidine groups is 1. The highest BCUT2D eigenvalue weighted by atomic mass is 16.2. The maximum absolute atomic E-state index is 10.2. The smallest absolute Gasteiger partial charge is 0.299 e. The lowest BCUT2D eigenvalue weighted by molar-refractivity contribution is -0.115. The SMILES string of the molecule is CNC(=N)C(=O)NN. The van der Waals surface area contributed by atoms with Crippen LogP contribution in [0.4, 0.5) is 0 Å². The van der Waals surface area contributed by atoms with Gasteiger partial charge in [0.15, 0.2) is 5.84 Å². The first-order valence-electron chi connectivity index (χ1n) is 1.99. The van der Waals surface area contributed by atoms with Crippen LogP contribution >= 0.6 is 0 Å². The maximum Gasteiger partial charge on any atom is 0.299 e. The molecule has 0 aromatic heterocycles. The Labute approximate surface area is 46.7 Å². The van der Waals surface area contributed by atoms with Crippen molar-refractivity contribution in [3.63, 3.8) is 0 Å². The van der Waals surface area contributed by atoms with E-state index in [1.165, 1.54) is 7.05 Å². The van der Waals surface area contributed by atoms with Gasteiger partial charge in [-0.15, -0.1) is 0 Å². The number of amides is 1. The molecule has 0 heterocycles. The molecule has 5 heteroatoms. The molecular weight excluding hydrogens is 108 g/mol. The molecule has 0 saturated heterocycles. The monoisotopic (exact) mass is 116 g/mol. The van der Waals surface area contributed by atoms with Gasteiger partial charge in [0.05, 0.1) is 0 Å². The first-order chi connectivity index (χ1) is 3.72. The van der Waals surface area contributed by atoms with Gasteiger partial charge < -0.3 is 5.32 Å². The fourth-order valence-electron chi connectivity index (χ4n) is 0.186. The zero-order valence-electron chi connectivity index (χ0n) is 4.49. The van der Waals surface area contributed by atoms with E-state index in [4.69, 9.17) is 5.41 Å². The summed E-state index contributed by atoms with van der Waals surface area (Å²) in [5.74, 6) is 3.81. The summed E-state index contributed by atoms with van der Waals surface area (Å²) in [6, 6.07) is 0. The molecule has 0 saturated carbocycles. The van der Waals surface area contributed by atoms with Gasteiger partial charge in [-0.2, -0.15) is 0 Å². The molecule has 8 heavy (non-hydrogen) atoms. The van der Waals surface area contributed by atoms with Crippen LogP contribution in [0.3, 0.4) is 0 Å². The van der Waals surface area contributed by atoms with Crippen LogP contribution in [-0.2, 0) is 4.79 Å². The van der Waals surface area contributed by atoms with Crippen molar-refractivity contribution in [3.8, 4) is 0 Å². The molecule has 0 aliphatic rings. The molecule has 5 nitrogen and oxygen atoms in total. The number of nitrogens with one attached hydrogen (secondary N) is 3. The summed E-state index contributed by atoms with van der Waals surface area (Å²) in [5, 5.41) is 9.05. The second-order valence-corrected chi connectivity index (χ2v) is 1.10. The minimum absolute atomic E-state index is 0.243. The van der Waals surface area contributed by atoms with Gasteiger partial charge in [-0.1, -0.05) is 0 Å². The lowest BCUT2D eigenvalue weighted by atomic mass is 10.6. The van der Waals surface area contributed by atoms with E-state index in [-0.39, 0.29) is 5.84 Å². The van der Waals surface area contributed by atoms with Gasteiger partial charge in [0.25, 0.3) is 5.91 Å². The van der Waals surface area contributed by atoms with Gasteiger partial charge >= 0.3 is 0 Å². The minimum Gasteiger partial charge on any atom is -0.369 e. The van der Waals surface area contributed by atoms with Gasteiger partial charge in [0.2, 0.25) is 0 Å². The summed E-state index contributed by atoms with van der Waals surface area (Å²) in [7, 11) is 1.47. The molecule has 5 N–H and O–H groups in total. The molecule has 0 aromatic carbocycles. The van der Waals surface area contributed by atoms with E-state index in [0.29, 0.717) is 0 Å². The fourth-order valence-corrected chi connectivity index (χ4v) is 0.186. The van der Waals surface area contributed by atoms with Crippen molar-refractivity contribution in [2.75, 3.05) is 7.05 Å². The second kappa shape index (κ2) is 2.98. The highest BCUT2D eigenvalue weighted by Crippen LogP contribution is 1.59. The minimum atomic E-state index is -0.618. The highest BCUT2D eigenvalue weighted by Gasteiger charge is 2.01. The van der Waals surface area contributed by atoms with Crippen LogP contribution in [0.1, 0.15) is 0 Å². The fraction of sp³-hybridized carbons (Fsp3) is 0.333. The van der Waals surface area contributed by atoms with E-state index in [0.717, 1.165) is 0 Å². The predicted octanol–water partition coefficient (Wildman–Crippen LogP) is -1.83. The van der Waals surface area contributed by atoms with Crippen molar-refractivity contribution >= 4 is 11.7 Å². The molecular formula is C3H8N4O. The van der Waals surface area contributed by atoms with Gasteiger partial charge in [-0.3, -0.25) is 15.6 Å². The second-order valence-electron chi connectivity index (χ2n) is 1.10. The van der Waals surface area contributed by atoms with E-state index in [9.17, 15) is 4.79 Å². The average molecular weight is 116 g/mol. The number of likely N-dealkylation sites (N-methyl/N-ethyl adjacent to an activating group) is 1. The summed E-state index contributed by atoms with van der Waals surface area (Å²) >= 11 is 0. The summed E-state index contributed by atoms with van der Waals surface area (Å²) < 4.78 is 0. The quantitative estimate of drug-likeness (QED) is 0.0986. The molecule has 0 atom stereocenters. The number of nitrogens with two attached hydrogens (primary N) is 1. The molecule has 0 aliphatic heterocycles. The van der Waals surface area contributed by atoms with Gasteiger partial charge in [-0.25, -0.2) is 5.84 Å². The van der Waals surface area contributed by atoms with Crippen molar-refractivity contribution in [1.29, 1.82) is 5.41 Å². The molecule has 0 aromatic rings. The number of hydrogen-bond donors (Lipinski definition) is 4. The number of rotatable bonds is 0. The Kier molecular flexibility index (Phi) is 2.57. The molecule has 0 radical (unpaired) electrons. The number of carbonyl (C=O) groups is 1. The Morgan fingerprint density at radius 1 is 1.75 bits per heavy atom. The first-order valence-corrected chi connectivity index (χ1v) is 1.99. The van der Waals surface area contributed by atoms with Crippen LogP contribution in [0, 0.1) is 5.41 Å². The molecule has 0 spiro atoms. The Balaban J connectivity index is 3.64. The van der Waals surface area contributed by atoms with Gasteiger partial charge in [0.1, 0.15) is 0 Å². The molecule has 0 aliphatic carbocycles. The van der Waals surface area contributed by atoms with Crippen LogP contribution in [-0.4, -0.2) is 18.8 Å².